The number of carbonyl (C=O) groups is 2. The highest BCUT2D eigenvalue weighted by molar-refractivity contribution is 8.03. The molecule has 7 atom stereocenters. The molecule has 0 unspecified atom stereocenters. The molecule has 1 aromatic rings. The number of rotatable bonds is 10. The topological polar surface area (TPSA) is 143 Å². The van der Waals surface area contributed by atoms with Crippen LogP contribution in [-0.4, -0.2) is 82.6 Å². The number of β-lactam (4-membered cyclic amide) rings is 1. The minimum absolute atomic E-state index is 0.0435. The Labute approximate surface area is 225 Å². The number of aliphatic hydroxyl groups excluding tert-OH is 1. The van der Waals surface area contributed by atoms with Gasteiger partial charge in [-0.1, -0.05) is 6.92 Å². The number of benzene rings is 1. The molecule has 0 saturated carbocycles. The lowest BCUT2D eigenvalue weighted by Crippen LogP contribution is -2.63. The number of thioether (sulfide) groups is 1. The second-order valence-corrected chi connectivity index (χ2v) is 11.8. The van der Waals surface area contributed by atoms with Gasteiger partial charge in [0.25, 0.3) is 5.69 Å². The highest BCUT2D eigenvalue weighted by Crippen LogP contribution is 2.52. The monoisotopic (exact) mass is 546 g/mol. The first-order valence-electron chi connectivity index (χ1n) is 13.1. The molecule has 38 heavy (non-hydrogen) atoms. The van der Waals surface area contributed by atoms with Crippen LogP contribution in [-0.2, 0) is 25.7 Å². The van der Waals surface area contributed by atoms with Crippen molar-refractivity contribution in [1.82, 2.24) is 15.5 Å². The van der Waals surface area contributed by atoms with Crippen molar-refractivity contribution in [3.63, 3.8) is 0 Å². The molecule has 0 bridgehead atoms. The Hall–Kier alpha value is -2.51. The number of hydrogen-bond acceptors (Lipinski definition) is 10. The third-order valence-electron chi connectivity index (χ3n) is 7.84. The zero-order valence-corrected chi connectivity index (χ0v) is 22.3. The van der Waals surface area contributed by atoms with Crippen LogP contribution in [0.5, 0.6) is 0 Å². The first-order chi connectivity index (χ1) is 18.2. The predicted molar refractivity (Wildman–Crippen MR) is 140 cm³/mol. The number of carbonyl (C=O) groups excluding carboxylic acids is 2. The van der Waals surface area contributed by atoms with E-state index in [-0.39, 0.29) is 53.3 Å². The van der Waals surface area contributed by atoms with Crippen LogP contribution in [0.1, 0.15) is 32.3 Å². The molecule has 206 valence electrons. The highest BCUT2D eigenvalue weighted by atomic mass is 32.2. The van der Waals surface area contributed by atoms with Crippen LogP contribution < -0.4 is 10.6 Å². The van der Waals surface area contributed by atoms with E-state index < -0.39 is 22.9 Å². The van der Waals surface area contributed by atoms with Gasteiger partial charge in [-0.2, -0.15) is 0 Å². The maximum absolute atomic E-state index is 13.3. The molecule has 0 spiro atoms. The molecule has 4 aliphatic rings. The molecule has 0 radical (unpaired) electrons. The van der Waals surface area contributed by atoms with E-state index in [1.54, 1.807) is 30.8 Å². The Morgan fingerprint density at radius 3 is 2.74 bits per heavy atom. The summed E-state index contributed by atoms with van der Waals surface area (Å²) in [5, 5.41) is 28.2. The molecule has 5 rings (SSSR count). The van der Waals surface area contributed by atoms with Crippen molar-refractivity contribution in [3.8, 4) is 0 Å². The number of hydrogen-bond donors (Lipinski definition) is 3. The van der Waals surface area contributed by atoms with Gasteiger partial charge in [-0.05, 0) is 44.0 Å². The number of nitro benzene ring substituents is 1. The van der Waals surface area contributed by atoms with Gasteiger partial charge in [0.1, 0.15) is 12.3 Å². The number of non-ortho nitro benzene ring substituents is 1. The van der Waals surface area contributed by atoms with Crippen LogP contribution in [0.25, 0.3) is 0 Å². The van der Waals surface area contributed by atoms with Gasteiger partial charge in [0, 0.05) is 47.3 Å². The summed E-state index contributed by atoms with van der Waals surface area (Å²) in [6, 6.07) is 5.76. The number of nitrogens with one attached hydrogen (secondary N) is 2. The summed E-state index contributed by atoms with van der Waals surface area (Å²) in [6.07, 6.45) is 1.35. The molecule has 3 N–H and O–H groups in total. The summed E-state index contributed by atoms with van der Waals surface area (Å²) in [5.41, 5.74) is 0.824. The van der Waals surface area contributed by atoms with E-state index in [1.165, 1.54) is 17.0 Å². The Kier molecular flexibility index (Phi) is 8.06. The van der Waals surface area contributed by atoms with Crippen LogP contribution in [0.3, 0.4) is 0 Å². The van der Waals surface area contributed by atoms with Crippen LogP contribution in [0.15, 0.2) is 34.9 Å². The van der Waals surface area contributed by atoms with Gasteiger partial charge in [-0.15, -0.1) is 11.8 Å². The Bertz CT molecular complexity index is 1110. The van der Waals surface area contributed by atoms with Crippen molar-refractivity contribution in [2.24, 2.45) is 11.8 Å². The van der Waals surface area contributed by atoms with Crippen molar-refractivity contribution in [2.75, 3.05) is 26.2 Å². The molecule has 1 aromatic carbocycles. The number of fused-ring (bicyclic) bond motifs is 1. The fourth-order valence-electron chi connectivity index (χ4n) is 5.80. The number of ether oxygens (including phenoxy) is 2. The summed E-state index contributed by atoms with van der Waals surface area (Å²) >= 11 is 1.61. The van der Waals surface area contributed by atoms with E-state index in [0.717, 1.165) is 37.4 Å². The van der Waals surface area contributed by atoms with E-state index in [9.17, 15) is 24.8 Å². The Morgan fingerprint density at radius 1 is 1.32 bits per heavy atom. The van der Waals surface area contributed by atoms with Crippen LogP contribution >= 0.6 is 11.8 Å². The molecular weight excluding hydrogens is 512 g/mol. The first-order valence-corrected chi connectivity index (χ1v) is 14.0. The van der Waals surface area contributed by atoms with Gasteiger partial charge in [0.2, 0.25) is 5.91 Å². The summed E-state index contributed by atoms with van der Waals surface area (Å²) in [5.74, 6) is -1.53. The molecule has 4 heterocycles. The summed E-state index contributed by atoms with van der Waals surface area (Å²) in [4.78, 5) is 39.1. The molecule has 4 aliphatic heterocycles. The Morgan fingerprint density at radius 2 is 2.08 bits per heavy atom. The van der Waals surface area contributed by atoms with E-state index >= 15 is 0 Å². The Balaban J connectivity index is 1.28. The molecule has 11 nitrogen and oxygen atoms in total. The van der Waals surface area contributed by atoms with Gasteiger partial charge >= 0.3 is 5.97 Å². The summed E-state index contributed by atoms with van der Waals surface area (Å²) in [7, 11) is 0. The quantitative estimate of drug-likeness (QED) is 0.171. The largest absolute Gasteiger partial charge is 0.456 e. The van der Waals surface area contributed by atoms with Crippen LogP contribution in [0.4, 0.5) is 5.69 Å². The second-order valence-electron chi connectivity index (χ2n) is 10.5. The van der Waals surface area contributed by atoms with Gasteiger partial charge in [0.15, 0.2) is 0 Å². The number of aliphatic hydroxyl groups is 1. The van der Waals surface area contributed by atoms with E-state index in [1.807, 2.05) is 6.92 Å². The molecule has 3 fully saturated rings. The third kappa shape index (κ3) is 5.32. The maximum Gasteiger partial charge on any atom is 0.356 e. The number of nitrogens with zero attached hydrogens (tertiary/aromatic N) is 2. The maximum atomic E-state index is 13.3. The molecule has 12 heteroatoms. The third-order valence-corrected chi connectivity index (χ3v) is 9.35. The molecule has 3 saturated heterocycles. The molecule has 0 aromatic heterocycles. The minimum Gasteiger partial charge on any atom is -0.456 e. The van der Waals surface area contributed by atoms with Crippen molar-refractivity contribution in [1.29, 1.82) is 0 Å². The number of amides is 1. The lowest BCUT2D eigenvalue weighted by atomic mass is 9.79. The average molecular weight is 547 g/mol. The molecule has 1 amide bonds. The zero-order valence-electron chi connectivity index (χ0n) is 21.5. The molecule has 0 aliphatic carbocycles. The van der Waals surface area contributed by atoms with Crippen LogP contribution in [0.2, 0.25) is 0 Å². The zero-order chi connectivity index (χ0) is 27.0. The minimum atomic E-state index is -0.812. The standard InChI is InChI=1S/C26H34N4O7S/c1-14-22-21(15(2)31)25(32)29(22)23(26(33)37-12-16-3-5-18(6-4-16)30(34)35)24(14)38-20-9-17(28-11-20)13-36-19-7-8-27-10-19/h3-6,14-15,17,19-22,27-28,31H,7-13H2,1-2H3/t14-,15-,17+,19-,20-,21-,22-/m1/s1. The van der Waals surface area contributed by atoms with Gasteiger partial charge < -0.3 is 30.1 Å². The highest BCUT2D eigenvalue weighted by Gasteiger charge is 2.60. The smallest absolute Gasteiger partial charge is 0.356 e. The van der Waals surface area contributed by atoms with Crippen molar-refractivity contribution >= 4 is 29.3 Å². The number of esters is 1. The average Bonchev–Trinajstić information content (AvgIpc) is 3.62. The lowest BCUT2D eigenvalue weighted by Gasteiger charge is -2.46. The summed E-state index contributed by atoms with van der Waals surface area (Å²) < 4.78 is 11.6. The fraction of sp³-hybridized carbons (Fsp3) is 0.615. The van der Waals surface area contributed by atoms with Gasteiger partial charge in [-0.3, -0.25) is 14.9 Å². The van der Waals surface area contributed by atoms with Crippen LogP contribution in [0, 0.1) is 22.0 Å². The SMILES string of the molecule is C[C@@H](O)[C@H]1C(=O)N2C(C(=O)OCc3ccc([N+](=O)[O-])cc3)=C(S[C@H]3CN[C@H](CO[C@@H]4CCNC4)C3)[C@H](C)[C@H]12. The lowest BCUT2D eigenvalue weighted by molar-refractivity contribution is -0.384. The van der Waals surface area contributed by atoms with Crippen molar-refractivity contribution in [2.45, 2.75) is 62.8 Å². The van der Waals surface area contributed by atoms with Gasteiger partial charge in [0.05, 0.1) is 35.7 Å². The van der Waals surface area contributed by atoms with E-state index in [2.05, 4.69) is 10.6 Å². The van der Waals surface area contributed by atoms with Crippen molar-refractivity contribution in [3.05, 3.63) is 50.5 Å². The predicted octanol–water partition coefficient (Wildman–Crippen LogP) is 1.55. The number of nitro groups is 1. The van der Waals surface area contributed by atoms with Gasteiger partial charge in [-0.25, -0.2) is 4.79 Å². The van der Waals surface area contributed by atoms with E-state index in [0.29, 0.717) is 12.2 Å². The fourth-order valence-corrected chi connectivity index (χ4v) is 7.32. The van der Waals surface area contributed by atoms with E-state index in [4.69, 9.17) is 9.47 Å². The second kappa shape index (κ2) is 11.3. The normalized spacial score (nSPS) is 31.3. The summed E-state index contributed by atoms with van der Waals surface area (Å²) in [6.45, 7) is 6.81. The van der Waals surface area contributed by atoms with Crippen molar-refractivity contribution < 1.29 is 29.1 Å². The molecular formula is C26H34N4O7S. The first kappa shape index (κ1) is 27.1.